The highest BCUT2D eigenvalue weighted by Gasteiger charge is 2.41. The van der Waals surface area contributed by atoms with Gasteiger partial charge in [0.25, 0.3) is 11.8 Å². The van der Waals surface area contributed by atoms with E-state index in [1.807, 2.05) is 12.1 Å². The fourth-order valence-electron chi connectivity index (χ4n) is 3.44. The summed E-state index contributed by atoms with van der Waals surface area (Å²) in [5.74, 6) is -1.43. The lowest BCUT2D eigenvalue weighted by atomic mass is 10.1. The van der Waals surface area contributed by atoms with Gasteiger partial charge in [-0.2, -0.15) is 0 Å². The molecule has 0 saturated carbocycles. The minimum absolute atomic E-state index is 0.230. The molecule has 3 aromatic carbocycles. The smallest absolute Gasteiger partial charge is 0.267 e. The van der Waals surface area contributed by atoms with Crippen LogP contribution in [0.3, 0.4) is 0 Å². The van der Waals surface area contributed by atoms with Crippen LogP contribution in [0, 0.1) is 0 Å². The summed E-state index contributed by atoms with van der Waals surface area (Å²) < 4.78 is 14.2. The quantitative estimate of drug-likeness (QED) is 0.181. The number of hydrogen-bond donors (Lipinski definition) is 1. The van der Waals surface area contributed by atoms with Crippen LogP contribution < -0.4 is 10.6 Å². The zero-order valence-electron chi connectivity index (χ0n) is 15.3. The van der Waals surface area contributed by atoms with Crippen molar-refractivity contribution in [2.45, 2.75) is 0 Å². The zero-order chi connectivity index (χ0) is 20.4. The van der Waals surface area contributed by atoms with Crippen molar-refractivity contribution in [3.8, 4) is 0 Å². The molecule has 0 radical (unpaired) electrons. The van der Waals surface area contributed by atoms with Crippen molar-refractivity contribution in [2.24, 2.45) is 5.16 Å². The third-order valence-electron chi connectivity index (χ3n) is 4.88. The van der Waals surface area contributed by atoms with E-state index in [9.17, 15) is 19.4 Å². The molecule has 1 N–H and O–H groups in total. The van der Waals surface area contributed by atoms with Crippen molar-refractivity contribution in [3.63, 3.8) is 0 Å². The van der Waals surface area contributed by atoms with Gasteiger partial charge in [0.1, 0.15) is 0 Å². The Morgan fingerprint density at radius 1 is 0.759 bits per heavy atom. The molecule has 2 amide bonds. The molecule has 0 aromatic heterocycles. The average Bonchev–Trinajstić information content (AvgIpc) is 3.04. The highest BCUT2D eigenvalue weighted by molar-refractivity contribution is 7.79. The van der Waals surface area contributed by atoms with Gasteiger partial charge >= 0.3 is 0 Å². The Hall–Kier alpha value is -3.50. The Kier molecular flexibility index (Phi) is 4.87. The molecule has 0 saturated heterocycles. The lowest BCUT2D eigenvalue weighted by Crippen LogP contribution is -2.40. The summed E-state index contributed by atoms with van der Waals surface area (Å²) in [4.78, 5) is 26.4. The standard InChI is InChI=1S/C22H17N2O4P/c25-21-18-13-7-8-14-19(18)22(26)24(21)20(23-27)15-29(28,16-9-3-1-4-10-16)17-11-5-2-6-12-17/h1-14,27H,15H2. The number of fused-ring (bicyclic) bond motifs is 1. The van der Waals surface area contributed by atoms with Crippen LogP contribution in [-0.2, 0) is 4.57 Å². The minimum atomic E-state index is -3.33. The van der Waals surface area contributed by atoms with Crippen LogP contribution in [0.1, 0.15) is 20.7 Å². The van der Waals surface area contributed by atoms with Crippen molar-refractivity contribution in [1.29, 1.82) is 0 Å². The second kappa shape index (κ2) is 7.49. The third kappa shape index (κ3) is 3.18. The number of hydrogen-bond acceptors (Lipinski definition) is 5. The molecule has 144 valence electrons. The maximum absolute atomic E-state index is 14.2. The highest BCUT2D eigenvalue weighted by atomic mass is 31.2. The summed E-state index contributed by atoms with van der Waals surface area (Å²) in [6, 6.07) is 24.0. The summed E-state index contributed by atoms with van der Waals surface area (Å²) in [5, 5.41) is 14.0. The fraction of sp³-hybridized carbons (Fsp3) is 0.0455. The Labute approximate surface area is 167 Å². The number of amides is 2. The van der Waals surface area contributed by atoms with Gasteiger partial charge in [0.2, 0.25) is 0 Å². The molecule has 3 aromatic rings. The maximum Gasteiger partial charge on any atom is 0.267 e. The van der Waals surface area contributed by atoms with E-state index in [2.05, 4.69) is 5.16 Å². The number of carbonyl (C=O) groups excluding carboxylic acids is 2. The van der Waals surface area contributed by atoms with E-state index in [4.69, 9.17) is 0 Å². The monoisotopic (exact) mass is 404 g/mol. The topological polar surface area (TPSA) is 87.0 Å². The molecule has 0 unspecified atom stereocenters. The van der Waals surface area contributed by atoms with Crippen LogP contribution in [0.4, 0.5) is 0 Å². The van der Waals surface area contributed by atoms with Crippen LogP contribution in [-0.4, -0.2) is 33.9 Å². The van der Waals surface area contributed by atoms with Crippen molar-refractivity contribution in [1.82, 2.24) is 4.90 Å². The first-order valence-electron chi connectivity index (χ1n) is 8.95. The average molecular weight is 404 g/mol. The number of rotatable bonds is 4. The van der Waals surface area contributed by atoms with Gasteiger partial charge < -0.3 is 9.77 Å². The predicted molar refractivity (Wildman–Crippen MR) is 111 cm³/mol. The first kappa shape index (κ1) is 18.8. The van der Waals surface area contributed by atoms with E-state index in [1.165, 1.54) is 0 Å². The van der Waals surface area contributed by atoms with Gasteiger partial charge in [-0.05, 0) is 12.1 Å². The number of imide groups is 1. The number of oxime groups is 1. The first-order chi connectivity index (χ1) is 14.1. The van der Waals surface area contributed by atoms with Gasteiger partial charge in [-0.3, -0.25) is 9.59 Å². The number of carbonyl (C=O) groups is 2. The molecule has 0 aliphatic carbocycles. The lowest BCUT2D eigenvalue weighted by molar-refractivity contribution is 0.0743. The Morgan fingerprint density at radius 2 is 1.17 bits per heavy atom. The van der Waals surface area contributed by atoms with Crippen LogP contribution in [0.25, 0.3) is 0 Å². The van der Waals surface area contributed by atoms with Crippen LogP contribution >= 0.6 is 7.14 Å². The molecule has 0 bridgehead atoms. The second-order valence-electron chi connectivity index (χ2n) is 6.58. The molecule has 6 nitrogen and oxygen atoms in total. The minimum Gasteiger partial charge on any atom is -0.409 e. The molecule has 0 atom stereocenters. The Bertz CT molecular complexity index is 1080. The van der Waals surface area contributed by atoms with Crippen LogP contribution in [0.15, 0.2) is 90.1 Å². The highest BCUT2D eigenvalue weighted by Crippen LogP contribution is 2.44. The Morgan fingerprint density at radius 3 is 1.59 bits per heavy atom. The van der Waals surface area contributed by atoms with Gasteiger partial charge in [-0.25, -0.2) is 4.90 Å². The predicted octanol–water partition coefficient (Wildman–Crippen LogP) is 3.08. The normalized spacial score (nSPS) is 14.2. The van der Waals surface area contributed by atoms with Gasteiger partial charge in [0, 0.05) is 10.6 Å². The van der Waals surface area contributed by atoms with Gasteiger partial charge in [0.05, 0.1) is 17.3 Å². The van der Waals surface area contributed by atoms with Gasteiger partial charge in [-0.1, -0.05) is 78.0 Å². The van der Waals surface area contributed by atoms with E-state index >= 15 is 0 Å². The second-order valence-corrected chi connectivity index (χ2v) is 9.40. The number of benzene rings is 3. The molecule has 1 aliphatic heterocycles. The van der Waals surface area contributed by atoms with E-state index in [0.29, 0.717) is 10.6 Å². The SMILES string of the molecule is O=C1c2ccccc2C(=O)N1C(CP(=O)(c1ccccc1)c1ccccc1)=NO. The lowest BCUT2D eigenvalue weighted by Gasteiger charge is -2.23. The molecule has 29 heavy (non-hydrogen) atoms. The van der Waals surface area contributed by atoms with Gasteiger partial charge in [-0.15, -0.1) is 0 Å². The molecule has 4 rings (SSSR count). The Balaban J connectivity index is 1.78. The number of nitrogens with zero attached hydrogens (tertiary/aromatic N) is 2. The third-order valence-corrected chi connectivity index (χ3v) is 7.87. The summed E-state index contributed by atoms with van der Waals surface area (Å²) >= 11 is 0. The molecular formula is C22H17N2O4P. The van der Waals surface area contributed by atoms with E-state index in [1.54, 1.807) is 72.8 Å². The maximum atomic E-state index is 14.2. The molecule has 0 spiro atoms. The molecule has 0 fully saturated rings. The number of amidine groups is 1. The van der Waals surface area contributed by atoms with Gasteiger partial charge in [0.15, 0.2) is 13.0 Å². The van der Waals surface area contributed by atoms with Crippen molar-refractivity contribution in [2.75, 3.05) is 6.16 Å². The van der Waals surface area contributed by atoms with Crippen LogP contribution in [0.5, 0.6) is 0 Å². The molecule has 7 heteroatoms. The van der Waals surface area contributed by atoms with Crippen LogP contribution in [0.2, 0.25) is 0 Å². The van der Waals surface area contributed by atoms with Crippen molar-refractivity contribution in [3.05, 3.63) is 96.1 Å². The van der Waals surface area contributed by atoms with Crippen molar-refractivity contribution >= 4 is 35.4 Å². The van der Waals surface area contributed by atoms with Crippen molar-refractivity contribution < 1.29 is 19.4 Å². The first-order valence-corrected chi connectivity index (χ1v) is 10.8. The van der Waals surface area contributed by atoms with E-state index < -0.39 is 19.0 Å². The summed E-state index contributed by atoms with van der Waals surface area (Å²) in [5.41, 5.74) is 0.459. The summed E-state index contributed by atoms with van der Waals surface area (Å²) in [6.45, 7) is 0. The fourth-order valence-corrected chi connectivity index (χ4v) is 6.01. The summed E-state index contributed by atoms with van der Waals surface area (Å²) in [7, 11) is -3.33. The molecular weight excluding hydrogens is 387 g/mol. The van der Waals surface area contributed by atoms with E-state index in [-0.39, 0.29) is 23.1 Å². The zero-order valence-corrected chi connectivity index (χ0v) is 16.2. The molecule has 1 aliphatic rings. The molecule has 1 heterocycles. The summed E-state index contributed by atoms with van der Waals surface area (Å²) in [6.07, 6.45) is -0.275. The largest absolute Gasteiger partial charge is 0.409 e. The van der Waals surface area contributed by atoms with E-state index in [0.717, 1.165) is 4.90 Å².